The van der Waals surface area contributed by atoms with Crippen molar-refractivity contribution in [2.45, 2.75) is 11.4 Å². The molecule has 0 radical (unpaired) electrons. The molecule has 118 valence electrons. The molecule has 0 atom stereocenters. The van der Waals surface area contributed by atoms with Crippen LogP contribution in [-0.2, 0) is 16.6 Å². The van der Waals surface area contributed by atoms with E-state index >= 15 is 0 Å². The normalized spacial score (nSPS) is 11.8. The van der Waals surface area contributed by atoms with Gasteiger partial charge >= 0.3 is 0 Å². The Morgan fingerprint density at radius 3 is 2.68 bits per heavy atom. The van der Waals surface area contributed by atoms with E-state index in [1.54, 1.807) is 12.1 Å². The predicted molar refractivity (Wildman–Crippen MR) is 75.4 cm³/mol. The number of benzene rings is 1. The number of hydrogen-bond donors (Lipinski definition) is 0. The van der Waals surface area contributed by atoms with Gasteiger partial charge in [-0.25, -0.2) is 12.8 Å². The highest BCUT2D eigenvalue weighted by Gasteiger charge is 2.29. The molecule has 1 aromatic carbocycles. The molecule has 0 amide bonds. The van der Waals surface area contributed by atoms with Crippen LogP contribution in [-0.4, -0.2) is 24.7 Å². The Bertz CT molecular complexity index is 807. The fraction of sp³-hybridized carbons (Fsp3) is 0.167. The molecular weight excluding hydrogens is 339 g/mol. The van der Waals surface area contributed by atoms with Crippen LogP contribution in [0.15, 0.2) is 39.8 Å². The highest BCUT2D eigenvalue weighted by Crippen LogP contribution is 2.30. The molecule has 0 unspecified atom stereocenters. The van der Waals surface area contributed by atoms with E-state index in [0.29, 0.717) is 11.8 Å². The quantitative estimate of drug-likeness (QED) is 0.611. The van der Waals surface area contributed by atoms with Gasteiger partial charge in [0, 0.05) is 19.2 Å². The van der Waals surface area contributed by atoms with E-state index in [9.17, 15) is 22.9 Å². The lowest BCUT2D eigenvalue weighted by Crippen LogP contribution is -2.27. The van der Waals surface area contributed by atoms with E-state index in [1.807, 2.05) is 0 Å². The lowest BCUT2D eigenvalue weighted by atomic mass is 10.3. The van der Waals surface area contributed by atoms with Crippen LogP contribution >= 0.6 is 11.6 Å². The average Bonchev–Trinajstić information content (AvgIpc) is 2.93. The third kappa shape index (κ3) is 3.11. The zero-order valence-corrected chi connectivity index (χ0v) is 12.8. The monoisotopic (exact) mass is 348 g/mol. The lowest BCUT2D eigenvalue weighted by Gasteiger charge is -2.16. The van der Waals surface area contributed by atoms with Gasteiger partial charge in [-0.1, -0.05) is 11.6 Å². The molecular formula is C12H10ClFN2O5S. The van der Waals surface area contributed by atoms with Crippen LogP contribution in [0.5, 0.6) is 0 Å². The third-order valence-electron chi connectivity index (χ3n) is 2.84. The largest absolute Gasteiger partial charge is 0.468 e. The summed E-state index contributed by atoms with van der Waals surface area (Å²) < 4.78 is 44.6. The molecule has 1 aromatic heterocycles. The molecule has 0 fully saturated rings. The number of sulfonamides is 1. The minimum absolute atomic E-state index is 0.158. The topological polar surface area (TPSA) is 93.7 Å². The van der Waals surface area contributed by atoms with Crippen LogP contribution in [0.4, 0.5) is 10.1 Å². The van der Waals surface area contributed by atoms with Crippen LogP contribution in [0.3, 0.4) is 0 Å². The zero-order chi connectivity index (χ0) is 16.5. The van der Waals surface area contributed by atoms with Gasteiger partial charge in [-0.2, -0.15) is 4.31 Å². The minimum atomic E-state index is -4.31. The number of nitro benzene ring substituents is 1. The first kappa shape index (κ1) is 16.4. The Labute approximate surface area is 130 Å². The van der Waals surface area contributed by atoms with Gasteiger partial charge in [0.15, 0.2) is 5.82 Å². The summed E-state index contributed by atoms with van der Waals surface area (Å²) in [5, 5.41) is 10.1. The fourth-order valence-corrected chi connectivity index (χ4v) is 3.23. The Morgan fingerprint density at radius 1 is 1.45 bits per heavy atom. The van der Waals surface area contributed by atoms with Crippen molar-refractivity contribution < 1.29 is 22.1 Å². The molecule has 0 aliphatic heterocycles. The molecule has 10 heteroatoms. The highest BCUT2D eigenvalue weighted by molar-refractivity contribution is 7.89. The predicted octanol–water partition coefficient (Wildman–Crippen LogP) is 2.80. The Balaban J connectivity index is 2.46. The summed E-state index contributed by atoms with van der Waals surface area (Å²) in [5.41, 5.74) is -0.614. The average molecular weight is 349 g/mol. The van der Waals surface area contributed by atoms with Crippen molar-refractivity contribution in [2.24, 2.45) is 0 Å². The van der Waals surface area contributed by atoms with Crippen LogP contribution < -0.4 is 0 Å². The zero-order valence-electron chi connectivity index (χ0n) is 11.2. The van der Waals surface area contributed by atoms with E-state index in [1.165, 1.54) is 13.3 Å². The van der Waals surface area contributed by atoms with Crippen molar-refractivity contribution >= 4 is 27.3 Å². The highest BCUT2D eigenvalue weighted by atomic mass is 35.5. The van der Waals surface area contributed by atoms with Crippen molar-refractivity contribution in [2.75, 3.05) is 7.05 Å². The van der Waals surface area contributed by atoms with Crippen LogP contribution in [0.2, 0.25) is 5.02 Å². The van der Waals surface area contributed by atoms with E-state index in [-0.39, 0.29) is 6.54 Å². The summed E-state index contributed by atoms with van der Waals surface area (Å²) in [4.78, 5) is 9.06. The SMILES string of the molecule is CN(Cc1ccco1)S(=O)(=O)c1cc([N+](=O)[O-])cc(Cl)c1F. The summed E-state index contributed by atoms with van der Waals surface area (Å²) in [6, 6.07) is 4.50. The molecule has 0 saturated carbocycles. The first-order valence-corrected chi connectivity index (χ1v) is 7.67. The van der Waals surface area contributed by atoms with Gasteiger partial charge < -0.3 is 4.42 Å². The molecule has 0 bridgehead atoms. The maximum atomic E-state index is 14.0. The van der Waals surface area contributed by atoms with Crippen molar-refractivity contribution in [1.29, 1.82) is 0 Å². The number of hydrogen-bond acceptors (Lipinski definition) is 5. The Hall–Kier alpha value is -1.97. The molecule has 2 rings (SSSR count). The van der Waals surface area contributed by atoms with E-state index in [4.69, 9.17) is 16.0 Å². The first-order valence-electron chi connectivity index (χ1n) is 5.85. The Morgan fingerprint density at radius 2 is 2.14 bits per heavy atom. The lowest BCUT2D eigenvalue weighted by molar-refractivity contribution is -0.385. The van der Waals surface area contributed by atoms with Crippen LogP contribution in [0, 0.1) is 15.9 Å². The molecule has 1 heterocycles. The van der Waals surface area contributed by atoms with Gasteiger partial charge in [0.2, 0.25) is 10.0 Å². The first-order chi connectivity index (χ1) is 10.2. The summed E-state index contributed by atoms with van der Waals surface area (Å²) >= 11 is 5.54. The second-order valence-electron chi connectivity index (χ2n) is 4.34. The van der Waals surface area contributed by atoms with E-state index in [0.717, 1.165) is 10.4 Å². The van der Waals surface area contributed by atoms with Crippen LogP contribution in [0.1, 0.15) is 5.76 Å². The second kappa shape index (κ2) is 6.03. The summed E-state index contributed by atoms with van der Waals surface area (Å²) in [7, 11) is -3.12. The van der Waals surface area contributed by atoms with Gasteiger partial charge in [-0.3, -0.25) is 10.1 Å². The molecule has 2 aromatic rings. The summed E-state index contributed by atoms with van der Waals surface area (Å²) in [6.45, 7) is -0.158. The van der Waals surface area contributed by atoms with Crippen molar-refractivity contribution in [3.05, 3.63) is 57.2 Å². The smallest absolute Gasteiger partial charge is 0.272 e. The molecule has 0 aliphatic carbocycles. The molecule has 0 N–H and O–H groups in total. The number of nitrogens with zero attached hydrogens (tertiary/aromatic N) is 2. The van der Waals surface area contributed by atoms with Gasteiger partial charge in [-0.05, 0) is 12.1 Å². The number of non-ortho nitro benzene ring substituents is 1. The number of halogens is 2. The molecule has 22 heavy (non-hydrogen) atoms. The van der Waals surface area contributed by atoms with Gasteiger partial charge in [0.05, 0.1) is 22.8 Å². The maximum absolute atomic E-state index is 14.0. The summed E-state index contributed by atoms with van der Waals surface area (Å²) in [5.74, 6) is -0.901. The van der Waals surface area contributed by atoms with Crippen LogP contribution in [0.25, 0.3) is 0 Å². The standard InChI is InChI=1S/C12H10ClFN2O5S/c1-15(7-9-3-2-4-21-9)22(19,20)11-6-8(16(17)18)5-10(13)12(11)14/h2-6H,7H2,1H3. The van der Waals surface area contributed by atoms with Gasteiger partial charge in [-0.15, -0.1) is 0 Å². The van der Waals surface area contributed by atoms with Crippen molar-refractivity contribution in [3.8, 4) is 0 Å². The van der Waals surface area contributed by atoms with Crippen molar-refractivity contribution in [1.82, 2.24) is 4.31 Å². The van der Waals surface area contributed by atoms with Gasteiger partial charge in [0.25, 0.3) is 5.69 Å². The molecule has 0 spiro atoms. The molecule has 0 saturated heterocycles. The summed E-state index contributed by atoms with van der Waals surface area (Å²) in [6.07, 6.45) is 1.36. The number of nitro groups is 1. The van der Waals surface area contributed by atoms with Gasteiger partial charge in [0.1, 0.15) is 10.7 Å². The molecule has 0 aliphatic rings. The second-order valence-corrected chi connectivity index (χ2v) is 6.76. The minimum Gasteiger partial charge on any atom is -0.468 e. The fourth-order valence-electron chi connectivity index (χ4n) is 1.72. The number of rotatable bonds is 5. The maximum Gasteiger partial charge on any atom is 0.272 e. The molecule has 7 nitrogen and oxygen atoms in total. The van der Waals surface area contributed by atoms with E-state index < -0.39 is 36.4 Å². The Kier molecular flexibility index (Phi) is 4.50. The van der Waals surface area contributed by atoms with E-state index in [2.05, 4.69) is 0 Å². The third-order valence-corrected chi connectivity index (χ3v) is 4.91. The van der Waals surface area contributed by atoms with Crippen molar-refractivity contribution in [3.63, 3.8) is 0 Å². The number of furan rings is 1.